The van der Waals surface area contributed by atoms with Crippen LogP contribution in [-0.2, 0) is 19.1 Å². The quantitative estimate of drug-likeness (QED) is 0.634. The first kappa shape index (κ1) is 21.7. The summed E-state index contributed by atoms with van der Waals surface area (Å²) in [6, 6.07) is 6.73. The highest BCUT2D eigenvalue weighted by atomic mass is 16.5. The highest BCUT2D eigenvalue weighted by Crippen LogP contribution is 2.19. The number of benzene rings is 1. The topological polar surface area (TPSA) is 82.1 Å². The Morgan fingerprint density at radius 3 is 2.50 bits per heavy atom. The van der Waals surface area contributed by atoms with Crippen LogP contribution in [0.3, 0.4) is 0 Å². The molecule has 0 radical (unpaired) electrons. The number of piperidine rings is 1. The molecule has 0 aliphatic carbocycles. The molecule has 1 amide bonds. The molecule has 1 aliphatic heterocycles. The van der Waals surface area contributed by atoms with Gasteiger partial charge in [-0.2, -0.15) is 0 Å². The fourth-order valence-corrected chi connectivity index (χ4v) is 2.90. The second-order valence-corrected chi connectivity index (χ2v) is 7.22. The number of likely N-dealkylation sites (tertiary alicyclic amines) is 1. The van der Waals surface area contributed by atoms with Gasteiger partial charge in [-0.25, -0.2) is 4.79 Å². The predicted molar refractivity (Wildman–Crippen MR) is 103 cm³/mol. The first-order chi connectivity index (χ1) is 13.4. The molecule has 7 nitrogen and oxygen atoms in total. The average molecular weight is 391 g/mol. The van der Waals surface area contributed by atoms with E-state index in [-0.39, 0.29) is 24.4 Å². The third-order valence-electron chi connectivity index (χ3n) is 4.45. The maximum atomic E-state index is 12.3. The predicted octanol–water partition coefficient (Wildman–Crippen LogP) is 2.68. The molecule has 154 valence electrons. The van der Waals surface area contributed by atoms with Gasteiger partial charge in [-0.05, 0) is 43.9 Å². The van der Waals surface area contributed by atoms with Crippen LogP contribution in [0.4, 0.5) is 0 Å². The minimum Gasteiger partial charge on any atom is -0.493 e. The number of carbonyl (C=O) groups excluding carboxylic acids is 3. The van der Waals surface area contributed by atoms with E-state index in [0.29, 0.717) is 56.4 Å². The molecular weight excluding hydrogens is 362 g/mol. The molecule has 0 aromatic heterocycles. The summed E-state index contributed by atoms with van der Waals surface area (Å²) in [5.41, 5.74) is 0.343. The van der Waals surface area contributed by atoms with Crippen molar-refractivity contribution >= 4 is 17.8 Å². The molecule has 1 heterocycles. The molecule has 0 spiro atoms. The van der Waals surface area contributed by atoms with Gasteiger partial charge in [0.05, 0.1) is 24.7 Å². The fourth-order valence-electron chi connectivity index (χ4n) is 2.90. The van der Waals surface area contributed by atoms with Crippen LogP contribution in [-0.4, -0.2) is 55.7 Å². The highest BCUT2D eigenvalue weighted by Gasteiger charge is 2.28. The Morgan fingerprint density at radius 2 is 1.86 bits per heavy atom. The van der Waals surface area contributed by atoms with Crippen LogP contribution in [0.15, 0.2) is 24.3 Å². The van der Waals surface area contributed by atoms with Gasteiger partial charge in [0.15, 0.2) is 6.61 Å². The van der Waals surface area contributed by atoms with Gasteiger partial charge in [-0.15, -0.1) is 0 Å². The van der Waals surface area contributed by atoms with E-state index in [2.05, 4.69) is 0 Å². The third kappa shape index (κ3) is 6.55. The monoisotopic (exact) mass is 391 g/mol. The lowest BCUT2D eigenvalue weighted by Gasteiger charge is -2.30. The van der Waals surface area contributed by atoms with Crippen LogP contribution in [0.2, 0.25) is 0 Å². The van der Waals surface area contributed by atoms with Crippen molar-refractivity contribution in [2.75, 3.05) is 32.9 Å². The van der Waals surface area contributed by atoms with Gasteiger partial charge in [0, 0.05) is 13.1 Å². The van der Waals surface area contributed by atoms with Gasteiger partial charge < -0.3 is 19.1 Å². The van der Waals surface area contributed by atoms with Gasteiger partial charge >= 0.3 is 11.9 Å². The Labute approximate surface area is 165 Å². The molecule has 0 unspecified atom stereocenters. The maximum Gasteiger partial charge on any atom is 0.338 e. The van der Waals surface area contributed by atoms with E-state index in [1.807, 2.05) is 13.8 Å². The zero-order valence-electron chi connectivity index (χ0n) is 16.8. The summed E-state index contributed by atoms with van der Waals surface area (Å²) >= 11 is 0. The lowest BCUT2D eigenvalue weighted by Crippen LogP contribution is -2.42. The standard InChI is InChI=1S/C21H29NO6/c1-4-26-20(24)16-8-10-22(11-9-16)19(23)14-28-21(25)17-6-5-7-18(12-17)27-13-15(2)3/h5-7,12,15-16H,4,8-11,13-14H2,1-3H3. The molecule has 1 aromatic carbocycles. The second kappa shape index (κ2) is 10.7. The Bertz CT molecular complexity index is 679. The number of carbonyl (C=O) groups is 3. The summed E-state index contributed by atoms with van der Waals surface area (Å²) in [5.74, 6) is -0.231. The van der Waals surface area contributed by atoms with Crippen molar-refractivity contribution < 1.29 is 28.6 Å². The Balaban J connectivity index is 1.79. The number of nitrogens with zero attached hydrogens (tertiary/aromatic N) is 1. The number of esters is 2. The number of hydrogen-bond donors (Lipinski definition) is 0. The van der Waals surface area contributed by atoms with E-state index in [4.69, 9.17) is 14.2 Å². The van der Waals surface area contributed by atoms with E-state index in [1.165, 1.54) is 0 Å². The van der Waals surface area contributed by atoms with Crippen LogP contribution < -0.4 is 4.74 Å². The fraction of sp³-hybridized carbons (Fsp3) is 0.571. The molecule has 1 saturated heterocycles. The molecule has 28 heavy (non-hydrogen) atoms. The van der Waals surface area contributed by atoms with Crippen LogP contribution in [0.25, 0.3) is 0 Å². The second-order valence-electron chi connectivity index (χ2n) is 7.22. The van der Waals surface area contributed by atoms with Crippen molar-refractivity contribution in [2.24, 2.45) is 11.8 Å². The lowest BCUT2D eigenvalue weighted by atomic mass is 9.97. The molecular formula is C21H29NO6. The van der Waals surface area contributed by atoms with Crippen LogP contribution in [0.1, 0.15) is 44.0 Å². The van der Waals surface area contributed by atoms with E-state index in [0.717, 1.165) is 0 Å². The molecule has 1 fully saturated rings. The third-order valence-corrected chi connectivity index (χ3v) is 4.45. The van der Waals surface area contributed by atoms with E-state index < -0.39 is 5.97 Å². The van der Waals surface area contributed by atoms with Crippen molar-refractivity contribution in [3.05, 3.63) is 29.8 Å². The van der Waals surface area contributed by atoms with E-state index in [9.17, 15) is 14.4 Å². The van der Waals surface area contributed by atoms with Gasteiger partial charge in [0.25, 0.3) is 5.91 Å². The summed E-state index contributed by atoms with van der Waals surface area (Å²) in [6.07, 6.45) is 1.13. The van der Waals surface area contributed by atoms with Crippen molar-refractivity contribution in [1.82, 2.24) is 4.90 Å². The zero-order chi connectivity index (χ0) is 20.5. The highest BCUT2D eigenvalue weighted by molar-refractivity contribution is 5.91. The number of hydrogen-bond acceptors (Lipinski definition) is 6. The van der Waals surface area contributed by atoms with Crippen LogP contribution in [0, 0.1) is 11.8 Å². The molecule has 7 heteroatoms. The molecule has 2 rings (SSSR count). The Hall–Kier alpha value is -2.57. The van der Waals surface area contributed by atoms with Crippen molar-refractivity contribution in [3.8, 4) is 5.75 Å². The summed E-state index contributed by atoms with van der Waals surface area (Å²) in [5, 5.41) is 0. The summed E-state index contributed by atoms with van der Waals surface area (Å²) in [6.45, 7) is 7.36. The van der Waals surface area contributed by atoms with Crippen molar-refractivity contribution in [3.63, 3.8) is 0 Å². The molecule has 0 saturated carbocycles. The van der Waals surface area contributed by atoms with Crippen LogP contribution >= 0.6 is 0 Å². The molecule has 0 N–H and O–H groups in total. The van der Waals surface area contributed by atoms with Gasteiger partial charge in [-0.1, -0.05) is 19.9 Å². The lowest BCUT2D eigenvalue weighted by molar-refractivity contribution is -0.151. The number of ether oxygens (including phenoxy) is 3. The smallest absolute Gasteiger partial charge is 0.338 e. The SMILES string of the molecule is CCOC(=O)C1CCN(C(=O)COC(=O)c2cccc(OCC(C)C)c2)CC1. The maximum absolute atomic E-state index is 12.3. The van der Waals surface area contributed by atoms with Crippen molar-refractivity contribution in [2.45, 2.75) is 33.6 Å². The van der Waals surface area contributed by atoms with Crippen LogP contribution in [0.5, 0.6) is 5.75 Å². The Morgan fingerprint density at radius 1 is 1.14 bits per heavy atom. The van der Waals surface area contributed by atoms with E-state index >= 15 is 0 Å². The molecule has 0 atom stereocenters. The first-order valence-electron chi connectivity index (χ1n) is 9.75. The summed E-state index contributed by atoms with van der Waals surface area (Å²) in [7, 11) is 0. The molecule has 1 aliphatic rings. The van der Waals surface area contributed by atoms with Crippen molar-refractivity contribution in [1.29, 1.82) is 0 Å². The average Bonchev–Trinajstić information content (AvgIpc) is 2.70. The van der Waals surface area contributed by atoms with E-state index in [1.54, 1.807) is 36.1 Å². The minimum absolute atomic E-state index is 0.167. The van der Waals surface area contributed by atoms with Gasteiger partial charge in [-0.3, -0.25) is 9.59 Å². The normalized spacial score (nSPS) is 14.6. The largest absolute Gasteiger partial charge is 0.493 e. The first-order valence-corrected chi connectivity index (χ1v) is 9.75. The summed E-state index contributed by atoms with van der Waals surface area (Å²) < 4.78 is 15.8. The molecule has 0 bridgehead atoms. The number of rotatable bonds is 8. The van der Waals surface area contributed by atoms with Gasteiger partial charge in [0.1, 0.15) is 5.75 Å². The minimum atomic E-state index is -0.565. The summed E-state index contributed by atoms with van der Waals surface area (Å²) in [4.78, 5) is 37.9. The Kier molecular flexibility index (Phi) is 8.29. The number of amides is 1. The molecule has 1 aromatic rings. The zero-order valence-corrected chi connectivity index (χ0v) is 16.8. The van der Waals surface area contributed by atoms with Gasteiger partial charge in [0.2, 0.25) is 0 Å².